The summed E-state index contributed by atoms with van der Waals surface area (Å²) in [4.78, 5) is 31.8. The molecule has 0 saturated heterocycles. The number of Topliss-reactive ketones (excluding diaryl/α,β-unsaturated/α-hetero) is 2. The van der Waals surface area contributed by atoms with Crippen LogP contribution in [-0.2, 0) is 20.8 Å². The normalized spacial score (nSPS) is 21.3. The average molecular weight is 466 g/mol. The Balaban J connectivity index is 1.25. The van der Waals surface area contributed by atoms with E-state index in [0.717, 1.165) is 16.7 Å². The molecule has 2 atom stereocenters. The summed E-state index contributed by atoms with van der Waals surface area (Å²) in [6.45, 7) is 2.09. The van der Waals surface area contributed by atoms with E-state index >= 15 is 0 Å². The highest BCUT2D eigenvalue weighted by Crippen LogP contribution is 2.41. The van der Waals surface area contributed by atoms with Crippen LogP contribution >= 0.6 is 0 Å². The molecule has 0 amide bonds. The number of carbonyl (C=O) groups excluding carboxylic acids is 2. The molecular weight excluding hydrogens is 438 g/mol. The number of aryl methyl sites for hydroxylation is 2. The van der Waals surface area contributed by atoms with Gasteiger partial charge in [0, 0.05) is 17.5 Å². The fourth-order valence-electron chi connectivity index (χ4n) is 5.03. The molecule has 3 aromatic rings. The lowest BCUT2D eigenvalue weighted by Crippen LogP contribution is -2.36. The second-order valence-electron chi connectivity index (χ2n) is 9.41. The summed E-state index contributed by atoms with van der Waals surface area (Å²) in [5.41, 5.74) is 11.0. The summed E-state index contributed by atoms with van der Waals surface area (Å²) in [6, 6.07) is 23.7. The summed E-state index contributed by atoms with van der Waals surface area (Å²) in [5, 5.41) is 11.8. The van der Waals surface area contributed by atoms with Gasteiger partial charge < -0.3 is 10.6 Å². The number of hydrogen-bond acceptors (Lipinski definition) is 5. The van der Waals surface area contributed by atoms with Crippen molar-refractivity contribution >= 4 is 23.1 Å². The van der Waals surface area contributed by atoms with Gasteiger partial charge in [0.15, 0.2) is 5.78 Å². The van der Waals surface area contributed by atoms with E-state index in [4.69, 9.17) is 16.0 Å². The van der Waals surface area contributed by atoms with Crippen molar-refractivity contribution < 1.29 is 14.4 Å². The fourth-order valence-corrected chi connectivity index (χ4v) is 5.03. The topological polar surface area (TPSA) is 106 Å². The lowest BCUT2D eigenvalue weighted by Gasteiger charge is -2.18. The first kappa shape index (κ1) is 22.7. The van der Waals surface area contributed by atoms with Crippen LogP contribution in [0.15, 0.2) is 78.0 Å². The van der Waals surface area contributed by atoms with Crippen molar-refractivity contribution in [1.82, 2.24) is 0 Å². The molecule has 35 heavy (non-hydrogen) atoms. The first-order valence-corrected chi connectivity index (χ1v) is 11.8. The van der Waals surface area contributed by atoms with Crippen molar-refractivity contribution in [3.8, 4) is 11.1 Å². The molecule has 0 radical (unpaired) electrons. The molecule has 1 aliphatic carbocycles. The quantitative estimate of drug-likeness (QED) is 0.315. The molecule has 5 rings (SSSR count). The van der Waals surface area contributed by atoms with Crippen molar-refractivity contribution in [1.29, 1.82) is 5.41 Å². The van der Waals surface area contributed by atoms with E-state index in [0.29, 0.717) is 24.1 Å². The molecular formula is C29H27N3O3. The van der Waals surface area contributed by atoms with Crippen molar-refractivity contribution in [2.75, 3.05) is 0 Å². The number of carbonyl (C=O) groups is 2. The maximum atomic E-state index is 13.3. The molecule has 3 N–H and O–H groups in total. The van der Waals surface area contributed by atoms with Gasteiger partial charge in [-0.15, -0.1) is 0 Å². The van der Waals surface area contributed by atoms with E-state index in [9.17, 15) is 9.59 Å². The average Bonchev–Trinajstić information content (AvgIpc) is 3.39. The Labute approximate surface area is 204 Å². The van der Waals surface area contributed by atoms with Gasteiger partial charge in [-0.2, -0.15) is 0 Å². The van der Waals surface area contributed by atoms with Crippen LogP contribution in [-0.4, -0.2) is 28.7 Å². The molecule has 1 fully saturated rings. The highest BCUT2D eigenvalue weighted by atomic mass is 16.7. The summed E-state index contributed by atoms with van der Waals surface area (Å²) in [5.74, 6) is -0.981. The predicted octanol–water partition coefficient (Wildman–Crippen LogP) is 4.60. The Morgan fingerprint density at radius 1 is 1.03 bits per heavy atom. The smallest absolute Gasteiger partial charge is 0.208 e. The molecule has 1 saturated carbocycles. The van der Waals surface area contributed by atoms with Gasteiger partial charge in [-0.3, -0.25) is 15.0 Å². The Hall–Kier alpha value is -4.06. The second-order valence-corrected chi connectivity index (χ2v) is 9.41. The van der Waals surface area contributed by atoms with Crippen molar-refractivity contribution in [3.05, 3.63) is 95.1 Å². The van der Waals surface area contributed by atoms with Crippen LogP contribution in [0.2, 0.25) is 0 Å². The third kappa shape index (κ3) is 4.28. The lowest BCUT2D eigenvalue weighted by molar-refractivity contribution is -0.140. The molecule has 3 aromatic carbocycles. The molecule has 1 unspecified atom stereocenters. The van der Waals surface area contributed by atoms with E-state index in [-0.39, 0.29) is 30.2 Å². The highest BCUT2D eigenvalue weighted by molar-refractivity contribution is 6.17. The summed E-state index contributed by atoms with van der Waals surface area (Å²) >= 11 is 0. The van der Waals surface area contributed by atoms with Crippen LogP contribution in [0.5, 0.6) is 0 Å². The number of nitrogen functional groups attached to an aromatic ring is 1. The second kappa shape index (κ2) is 8.95. The van der Waals surface area contributed by atoms with E-state index < -0.39 is 11.5 Å². The minimum Gasteiger partial charge on any atom is -0.384 e. The Morgan fingerprint density at radius 3 is 2.54 bits per heavy atom. The number of ketones is 2. The Kier molecular flexibility index (Phi) is 5.81. The van der Waals surface area contributed by atoms with Gasteiger partial charge in [-0.25, -0.2) is 0 Å². The number of nitrogens with two attached hydrogens (primary N) is 1. The standard InChI is InChI=1S/C29H27N3O3/c1-18-5-2-3-8-23(18)20-12-9-19(10-13-20)11-14-24-26(33)17-29(27(24)34)16-25(32-35-29)21-6-4-7-22(15-21)28(30)31/h2-10,12-13,15,24H,11,14,16-17H2,1H3,(H3,30,31)/t24-,29?/m1/s1. The molecule has 1 spiro atoms. The lowest BCUT2D eigenvalue weighted by atomic mass is 9.88. The van der Waals surface area contributed by atoms with Gasteiger partial charge >= 0.3 is 0 Å². The van der Waals surface area contributed by atoms with Gasteiger partial charge in [-0.1, -0.05) is 71.9 Å². The number of nitrogens with zero attached hydrogens (tertiary/aromatic N) is 1. The zero-order valence-electron chi connectivity index (χ0n) is 19.6. The SMILES string of the molecule is Cc1ccccc1-c1ccc(CC[C@@H]2C(=O)CC3(CC(c4cccc(C(=N)N)c4)=NO3)C2=O)cc1. The number of benzene rings is 3. The Bertz CT molecular complexity index is 1360. The zero-order chi connectivity index (χ0) is 24.6. The van der Waals surface area contributed by atoms with Gasteiger partial charge in [0.25, 0.3) is 0 Å². The van der Waals surface area contributed by atoms with Crippen molar-refractivity contribution in [2.45, 2.75) is 38.2 Å². The van der Waals surface area contributed by atoms with Crippen LogP contribution in [0.1, 0.15) is 41.5 Å². The minimum atomic E-state index is -1.21. The molecule has 0 bridgehead atoms. The summed E-state index contributed by atoms with van der Waals surface area (Å²) in [6.07, 6.45) is 1.39. The highest BCUT2D eigenvalue weighted by Gasteiger charge is 2.57. The maximum absolute atomic E-state index is 13.3. The maximum Gasteiger partial charge on any atom is 0.208 e. The van der Waals surface area contributed by atoms with Gasteiger partial charge in [-0.05, 0) is 48.1 Å². The van der Waals surface area contributed by atoms with Crippen LogP contribution in [0.25, 0.3) is 11.1 Å². The fraction of sp³-hybridized carbons (Fsp3) is 0.241. The number of hydrogen-bond donors (Lipinski definition) is 2. The molecule has 6 heteroatoms. The third-order valence-electron chi connectivity index (χ3n) is 7.04. The van der Waals surface area contributed by atoms with Crippen molar-refractivity contribution in [3.63, 3.8) is 0 Å². The summed E-state index contributed by atoms with van der Waals surface area (Å²) in [7, 11) is 0. The van der Waals surface area contributed by atoms with Crippen LogP contribution in [0.3, 0.4) is 0 Å². The van der Waals surface area contributed by atoms with E-state index in [1.54, 1.807) is 18.2 Å². The van der Waals surface area contributed by atoms with Crippen LogP contribution < -0.4 is 5.73 Å². The summed E-state index contributed by atoms with van der Waals surface area (Å²) < 4.78 is 0. The molecule has 2 aliphatic rings. The largest absolute Gasteiger partial charge is 0.384 e. The number of rotatable bonds is 6. The number of oxime groups is 1. The Morgan fingerprint density at radius 2 is 1.80 bits per heavy atom. The van der Waals surface area contributed by atoms with Crippen LogP contribution in [0.4, 0.5) is 0 Å². The van der Waals surface area contributed by atoms with Crippen LogP contribution in [0, 0.1) is 18.3 Å². The number of nitrogens with one attached hydrogen (secondary N) is 1. The molecule has 6 nitrogen and oxygen atoms in total. The number of amidine groups is 1. The zero-order valence-corrected chi connectivity index (χ0v) is 19.6. The van der Waals surface area contributed by atoms with E-state index in [1.807, 2.05) is 18.2 Å². The molecule has 176 valence electrons. The van der Waals surface area contributed by atoms with Crippen molar-refractivity contribution in [2.24, 2.45) is 16.8 Å². The first-order valence-electron chi connectivity index (χ1n) is 11.8. The first-order chi connectivity index (χ1) is 16.9. The van der Waals surface area contributed by atoms with Gasteiger partial charge in [0.05, 0.1) is 18.1 Å². The molecule has 1 heterocycles. The minimum absolute atomic E-state index is 0.0415. The van der Waals surface area contributed by atoms with Gasteiger partial charge in [0.1, 0.15) is 11.6 Å². The third-order valence-corrected chi connectivity index (χ3v) is 7.04. The monoisotopic (exact) mass is 465 g/mol. The molecule has 0 aromatic heterocycles. The van der Waals surface area contributed by atoms with E-state index in [2.05, 4.69) is 48.5 Å². The van der Waals surface area contributed by atoms with Gasteiger partial charge in [0.2, 0.25) is 5.60 Å². The predicted molar refractivity (Wildman–Crippen MR) is 135 cm³/mol. The molecule has 1 aliphatic heterocycles. The van der Waals surface area contributed by atoms with E-state index in [1.165, 1.54) is 11.1 Å².